The van der Waals surface area contributed by atoms with E-state index in [9.17, 15) is 0 Å². The van der Waals surface area contributed by atoms with Crippen LogP contribution in [0.3, 0.4) is 0 Å². The Morgan fingerprint density at radius 2 is 1.72 bits per heavy atom. The number of fused-ring (bicyclic) bond motifs is 1. The number of methoxy groups -OCH3 is 2. The summed E-state index contributed by atoms with van der Waals surface area (Å²) < 4.78 is 23.6. The summed E-state index contributed by atoms with van der Waals surface area (Å²) in [6.07, 6.45) is 1.71. The van der Waals surface area contributed by atoms with Crippen LogP contribution in [0.5, 0.6) is 23.0 Å². The average molecular weight is 339 g/mol. The minimum atomic E-state index is 0.545. The van der Waals surface area contributed by atoms with Crippen LogP contribution in [-0.4, -0.2) is 42.4 Å². The standard InChI is InChI=1S/C18H17N3O4/c1-22-15-6-4-13(10-17(15)23-2)21-14(11-19-20-21)12-3-5-16-18(9-12)25-8-7-24-16/h3-6,9-11H,7-8H2,1-2H3. The smallest absolute Gasteiger partial charge is 0.162 e. The van der Waals surface area contributed by atoms with Crippen LogP contribution in [0.25, 0.3) is 16.9 Å². The zero-order valence-corrected chi connectivity index (χ0v) is 13.9. The molecule has 7 nitrogen and oxygen atoms in total. The summed E-state index contributed by atoms with van der Waals surface area (Å²) in [5, 5.41) is 8.26. The molecule has 0 unspecified atom stereocenters. The number of nitrogens with zero attached hydrogens (tertiary/aromatic N) is 3. The average Bonchev–Trinajstić information content (AvgIpc) is 3.16. The SMILES string of the molecule is COc1ccc(-n2nncc2-c2ccc3c(c2)OCCO3)cc1OC. The zero-order chi connectivity index (χ0) is 17.2. The molecular weight excluding hydrogens is 322 g/mol. The van der Waals surface area contributed by atoms with Gasteiger partial charge in [-0.25, -0.2) is 4.68 Å². The maximum Gasteiger partial charge on any atom is 0.162 e. The molecule has 2 aromatic carbocycles. The van der Waals surface area contributed by atoms with Crippen LogP contribution >= 0.6 is 0 Å². The fraction of sp³-hybridized carbons (Fsp3) is 0.222. The van der Waals surface area contributed by atoms with Crippen LogP contribution in [0, 0.1) is 0 Å². The van der Waals surface area contributed by atoms with Gasteiger partial charge in [0.1, 0.15) is 13.2 Å². The minimum absolute atomic E-state index is 0.545. The van der Waals surface area contributed by atoms with Crippen molar-refractivity contribution in [1.29, 1.82) is 0 Å². The number of ether oxygens (including phenoxy) is 4. The molecule has 0 radical (unpaired) electrons. The highest BCUT2D eigenvalue weighted by atomic mass is 16.6. The Morgan fingerprint density at radius 3 is 2.52 bits per heavy atom. The largest absolute Gasteiger partial charge is 0.493 e. The second-order valence-electron chi connectivity index (χ2n) is 5.43. The monoisotopic (exact) mass is 339 g/mol. The lowest BCUT2D eigenvalue weighted by atomic mass is 10.1. The number of rotatable bonds is 4. The maximum atomic E-state index is 5.66. The molecule has 0 amide bonds. The first-order chi connectivity index (χ1) is 12.3. The first-order valence-corrected chi connectivity index (χ1v) is 7.83. The van der Waals surface area contributed by atoms with Crippen molar-refractivity contribution in [3.05, 3.63) is 42.6 Å². The van der Waals surface area contributed by atoms with Crippen LogP contribution in [-0.2, 0) is 0 Å². The van der Waals surface area contributed by atoms with Crippen molar-refractivity contribution >= 4 is 0 Å². The summed E-state index contributed by atoms with van der Waals surface area (Å²) in [6.45, 7) is 1.11. The number of aromatic nitrogens is 3. The molecule has 1 aliphatic heterocycles. The molecule has 0 atom stereocenters. The Kier molecular flexibility index (Phi) is 3.89. The van der Waals surface area contributed by atoms with Crippen LogP contribution in [0.4, 0.5) is 0 Å². The van der Waals surface area contributed by atoms with E-state index >= 15 is 0 Å². The van der Waals surface area contributed by atoms with E-state index in [4.69, 9.17) is 18.9 Å². The summed E-state index contributed by atoms with van der Waals surface area (Å²) in [5.74, 6) is 2.76. The van der Waals surface area contributed by atoms with Crippen molar-refractivity contribution in [2.45, 2.75) is 0 Å². The Hall–Kier alpha value is -3.22. The predicted octanol–water partition coefficient (Wildman–Crippen LogP) is 2.72. The van der Waals surface area contributed by atoms with Crippen LogP contribution < -0.4 is 18.9 Å². The van der Waals surface area contributed by atoms with Crippen molar-refractivity contribution in [3.8, 4) is 39.9 Å². The first kappa shape index (κ1) is 15.3. The Bertz CT molecular complexity index is 853. The van der Waals surface area contributed by atoms with Gasteiger partial charge in [-0.3, -0.25) is 0 Å². The lowest BCUT2D eigenvalue weighted by Gasteiger charge is -2.19. The lowest BCUT2D eigenvalue weighted by Crippen LogP contribution is -2.15. The second kappa shape index (κ2) is 6.35. The highest BCUT2D eigenvalue weighted by Crippen LogP contribution is 2.35. The Balaban J connectivity index is 1.76. The van der Waals surface area contributed by atoms with E-state index < -0.39 is 0 Å². The zero-order valence-electron chi connectivity index (χ0n) is 13.9. The maximum absolute atomic E-state index is 5.66. The molecule has 4 rings (SSSR count). The van der Waals surface area contributed by atoms with Gasteiger partial charge in [-0.1, -0.05) is 5.21 Å². The van der Waals surface area contributed by atoms with E-state index in [1.165, 1.54) is 0 Å². The summed E-state index contributed by atoms with van der Waals surface area (Å²) >= 11 is 0. The Morgan fingerprint density at radius 1 is 0.920 bits per heavy atom. The summed E-state index contributed by atoms with van der Waals surface area (Å²) in [4.78, 5) is 0. The van der Waals surface area contributed by atoms with Crippen molar-refractivity contribution in [2.75, 3.05) is 27.4 Å². The summed E-state index contributed by atoms with van der Waals surface area (Å²) in [7, 11) is 3.21. The molecule has 3 aromatic rings. The van der Waals surface area contributed by atoms with Gasteiger partial charge in [0.15, 0.2) is 23.0 Å². The van der Waals surface area contributed by atoms with Gasteiger partial charge in [0.05, 0.1) is 31.8 Å². The van der Waals surface area contributed by atoms with Gasteiger partial charge in [-0.15, -0.1) is 5.10 Å². The third kappa shape index (κ3) is 2.73. The third-order valence-corrected chi connectivity index (χ3v) is 4.00. The molecule has 2 heterocycles. The molecule has 1 aromatic heterocycles. The molecule has 0 bridgehead atoms. The van der Waals surface area contributed by atoms with Gasteiger partial charge in [0, 0.05) is 11.6 Å². The van der Waals surface area contributed by atoms with Crippen LogP contribution in [0.15, 0.2) is 42.6 Å². The molecule has 0 aliphatic carbocycles. The molecular formula is C18H17N3O4. The van der Waals surface area contributed by atoms with Crippen LogP contribution in [0.2, 0.25) is 0 Å². The molecule has 0 saturated carbocycles. The van der Waals surface area contributed by atoms with E-state index in [0.717, 1.165) is 28.4 Å². The molecule has 0 saturated heterocycles. The van der Waals surface area contributed by atoms with Crippen LogP contribution in [0.1, 0.15) is 0 Å². The molecule has 0 fully saturated rings. The fourth-order valence-electron chi connectivity index (χ4n) is 2.78. The fourth-order valence-corrected chi connectivity index (χ4v) is 2.78. The van der Waals surface area contributed by atoms with Gasteiger partial charge >= 0.3 is 0 Å². The van der Waals surface area contributed by atoms with Gasteiger partial charge in [-0.05, 0) is 30.3 Å². The number of hydrogen-bond acceptors (Lipinski definition) is 6. The highest BCUT2D eigenvalue weighted by Gasteiger charge is 2.16. The van der Waals surface area contributed by atoms with Gasteiger partial charge in [0.2, 0.25) is 0 Å². The van der Waals surface area contributed by atoms with E-state index in [-0.39, 0.29) is 0 Å². The van der Waals surface area contributed by atoms with Gasteiger partial charge in [0.25, 0.3) is 0 Å². The van der Waals surface area contributed by atoms with Gasteiger partial charge in [-0.2, -0.15) is 0 Å². The van der Waals surface area contributed by atoms with E-state index in [2.05, 4.69) is 10.3 Å². The normalized spacial score (nSPS) is 12.7. The third-order valence-electron chi connectivity index (χ3n) is 4.00. The number of benzene rings is 2. The quantitative estimate of drug-likeness (QED) is 0.728. The predicted molar refractivity (Wildman–Crippen MR) is 90.9 cm³/mol. The molecule has 0 N–H and O–H groups in total. The Labute approximate surface area is 144 Å². The molecule has 25 heavy (non-hydrogen) atoms. The lowest BCUT2D eigenvalue weighted by molar-refractivity contribution is 0.171. The van der Waals surface area contributed by atoms with E-state index in [1.54, 1.807) is 25.1 Å². The highest BCUT2D eigenvalue weighted by molar-refractivity contribution is 5.66. The van der Waals surface area contributed by atoms with Crippen molar-refractivity contribution < 1.29 is 18.9 Å². The topological polar surface area (TPSA) is 67.6 Å². The van der Waals surface area contributed by atoms with E-state index in [0.29, 0.717) is 24.7 Å². The van der Waals surface area contributed by atoms with Crippen molar-refractivity contribution in [2.24, 2.45) is 0 Å². The molecule has 1 aliphatic rings. The molecule has 128 valence electrons. The van der Waals surface area contributed by atoms with Crippen molar-refractivity contribution in [3.63, 3.8) is 0 Å². The minimum Gasteiger partial charge on any atom is -0.493 e. The molecule has 7 heteroatoms. The van der Waals surface area contributed by atoms with Crippen molar-refractivity contribution in [1.82, 2.24) is 15.0 Å². The molecule has 0 spiro atoms. The van der Waals surface area contributed by atoms with Gasteiger partial charge < -0.3 is 18.9 Å². The van der Waals surface area contributed by atoms with E-state index in [1.807, 2.05) is 36.4 Å². The first-order valence-electron chi connectivity index (χ1n) is 7.83. The summed E-state index contributed by atoms with van der Waals surface area (Å²) in [6, 6.07) is 11.4. The summed E-state index contributed by atoms with van der Waals surface area (Å²) in [5.41, 5.74) is 2.59. The number of hydrogen-bond donors (Lipinski definition) is 0. The second-order valence-corrected chi connectivity index (χ2v) is 5.43.